The Hall–Kier alpha value is -1.45. The van der Waals surface area contributed by atoms with Crippen molar-refractivity contribution in [2.24, 2.45) is 17.8 Å². The number of carbonyl (C=O) groups is 2. The van der Waals surface area contributed by atoms with Crippen LogP contribution in [0.5, 0.6) is 0 Å². The van der Waals surface area contributed by atoms with Gasteiger partial charge in [0.05, 0.1) is 18.0 Å². The number of hydrogen-bond donors (Lipinski definition) is 0. The summed E-state index contributed by atoms with van der Waals surface area (Å²) >= 11 is 0. The summed E-state index contributed by atoms with van der Waals surface area (Å²) in [5, 5.41) is -0.414. The molecule has 8 nitrogen and oxygen atoms in total. The van der Waals surface area contributed by atoms with Gasteiger partial charge in [-0.25, -0.2) is 9.59 Å². The SMILES string of the molecule is C=C(C)C(=O)OCC(=O)OCCOC1C2CC3C1OS(=O)(=O)C3C2C. The van der Waals surface area contributed by atoms with E-state index in [0.29, 0.717) is 0 Å². The highest BCUT2D eigenvalue weighted by atomic mass is 32.2. The number of hydrogen-bond acceptors (Lipinski definition) is 8. The molecule has 3 rings (SSSR count). The summed E-state index contributed by atoms with van der Waals surface area (Å²) in [7, 11) is -3.50. The van der Waals surface area contributed by atoms with Gasteiger partial charge in [-0.3, -0.25) is 4.18 Å². The highest BCUT2D eigenvalue weighted by Crippen LogP contribution is 2.58. The average molecular weight is 374 g/mol. The third kappa shape index (κ3) is 3.32. The lowest BCUT2D eigenvalue weighted by molar-refractivity contribution is -0.158. The second kappa shape index (κ2) is 6.69. The van der Waals surface area contributed by atoms with Crippen molar-refractivity contribution in [2.75, 3.05) is 19.8 Å². The van der Waals surface area contributed by atoms with Crippen molar-refractivity contribution in [1.29, 1.82) is 0 Å². The Labute approximate surface area is 146 Å². The van der Waals surface area contributed by atoms with Crippen LogP contribution in [0.1, 0.15) is 20.3 Å². The molecule has 9 heteroatoms. The molecule has 0 spiro atoms. The molecule has 0 aromatic heterocycles. The fourth-order valence-corrected chi connectivity index (χ4v) is 6.32. The van der Waals surface area contributed by atoms with E-state index in [1.54, 1.807) is 0 Å². The molecule has 6 atom stereocenters. The summed E-state index contributed by atoms with van der Waals surface area (Å²) in [6.07, 6.45) is 0.0636. The van der Waals surface area contributed by atoms with Crippen LogP contribution in [0.3, 0.4) is 0 Å². The zero-order valence-electron chi connectivity index (χ0n) is 14.2. The van der Waals surface area contributed by atoms with E-state index < -0.39 is 40.0 Å². The summed E-state index contributed by atoms with van der Waals surface area (Å²) < 4.78 is 44.7. The first-order chi connectivity index (χ1) is 11.7. The predicted molar refractivity (Wildman–Crippen MR) is 84.8 cm³/mol. The third-order valence-corrected chi connectivity index (χ3v) is 7.17. The molecule has 0 N–H and O–H groups in total. The second-order valence-corrected chi connectivity index (χ2v) is 8.58. The topological polar surface area (TPSA) is 105 Å². The van der Waals surface area contributed by atoms with Gasteiger partial charge in [0.1, 0.15) is 12.7 Å². The molecule has 1 heterocycles. The second-order valence-electron chi connectivity index (χ2n) is 6.85. The van der Waals surface area contributed by atoms with Crippen molar-refractivity contribution >= 4 is 22.1 Å². The zero-order valence-corrected chi connectivity index (χ0v) is 15.0. The maximum absolute atomic E-state index is 12.0. The molecule has 2 aliphatic carbocycles. The van der Waals surface area contributed by atoms with Crippen LogP contribution < -0.4 is 0 Å². The normalized spacial score (nSPS) is 37.0. The van der Waals surface area contributed by atoms with Gasteiger partial charge < -0.3 is 14.2 Å². The van der Waals surface area contributed by atoms with Crippen molar-refractivity contribution in [1.82, 2.24) is 0 Å². The van der Waals surface area contributed by atoms with Gasteiger partial charge in [0.2, 0.25) is 0 Å². The van der Waals surface area contributed by atoms with Crippen LogP contribution in [0.2, 0.25) is 0 Å². The van der Waals surface area contributed by atoms with E-state index in [4.69, 9.17) is 13.7 Å². The number of carbonyl (C=O) groups excluding carboxylic acids is 2. The van der Waals surface area contributed by atoms with E-state index in [1.165, 1.54) is 6.92 Å². The molecule has 2 bridgehead atoms. The van der Waals surface area contributed by atoms with Gasteiger partial charge in [0.15, 0.2) is 6.61 Å². The molecule has 140 valence electrons. The van der Waals surface area contributed by atoms with E-state index in [9.17, 15) is 18.0 Å². The van der Waals surface area contributed by atoms with Gasteiger partial charge in [0.25, 0.3) is 10.1 Å². The van der Waals surface area contributed by atoms with Crippen molar-refractivity contribution in [3.05, 3.63) is 12.2 Å². The summed E-state index contributed by atoms with van der Waals surface area (Å²) in [5.41, 5.74) is 0.200. The van der Waals surface area contributed by atoms with Gasteiger partial charge in [-0.15, -0.1) is 0 Å². The average Bonchev–Trinajstić information content (AvgIpc) is 3.10. The minimum Gasteiger partial charge on any atom is -0.461 e. The number of ether oxygens (including phenoxy) is 3. The maximum Gasteiger partial charge on any atom is 0.344 e. The minimum atomic E-state index is -3.50. The largest absolute Gasteiger partial charge is 0.461 e. The lowest BCUT2D eigenvalue weighted by atomic mass is 9.86. The molecule has 6 unspecified atom stereocenters. The number of fused-ring (bicyclic) bond motifs is 1. The van der Waals surface area contributed by atoms with Gasteiger partial charge >= 0.3 is 11.9 Å². The predicted octanol–water partition coefficient (Wildman–Crippen LogP) is 0.417. The molecular weight excluding hydrogens is 352 g/mol. The molecule has 2 saturated carbocycles. The highest BCUT2D eigenvalue weighted by Gasteiger charge is 2.67. The monoisotopic (exact) mass is 374 g/mol. The number of esters is 2. The molecular formula is C16H22O8S. The van der Waals surface area contributed by atoms with Crippen LogP contribution in [-0.2, 0) is 38.1 Å². The Morgan fingerprint density at radius 2 is 1.92 bits per heavy atom. The smallest absolute Gasteiger partial charge is 0.344 e. The zero-order chi connectivity index (χ0) is 18.4. The molecule has 0 aromatic carbocycles. The van der Waals surface area contributed by atoms with Gasteiger partial charge in [-0.1, -0.05) is 13.5 Å². The Bertz CT molecular complexity index is 684. The van der Waals surface area contributed by atoms with E-state index in [1.807, 2.05) is 6.92 Å². The lowest BCUT2D eigenvalue weighted by Crippen LogP contribution is -2.41. The van der Waals surface area contributed by atoms with Gasteiger partial charge in [-0.05, 0) is 25.2 Å². The Kier molecular flexibility index (Phi) is 4.91. The van der Waals surface area contributed by atoms with Crippen molar-refractivity contribution in [3.63, 3.8) is 0 Å². The standard InChI is InChI=1S/C16H22O8S/c1-8(2)16(18)23-7-12(17)21-4-5-22-13-10-6-11-14(13)24-25(19,20)15(11)9(10)3/h9-11,13-15H,1,4-7H2,2-3H3. The Morgan fingerprint density at radius 3 is 2.60 bits per heavy atom. The minimum absolute atomic E-state index is 0.000828. The Morgan fingerprint density at radius 1 is 1.20 bits per heavy atom. The Balaban J connectivity index is 1.41. The lowest BCUT2D eigenvalue weighted by Gasteiger charge is -2.29. The van der Waals surface area contributed by atoms with E-state index in [0.717, 1.165) is 6.42 Å². The van der Waals surface area contributed by atoms with E-state index >= 15 is 0 Å². The van der Waals surface area contributed by atoms with Crippen molar-refractivity contribution < 1.29 is 36.4 Å². The third-order valence-electron chi connectivity index (χ3n) is 5.23. The summed E-state index contributed by atoms with van der Waals surface area (Å²) in [5.74, 6) is -1.19. The molecule has 1 aliphatic heterocycles. The van der Waals surface area contributed by atoms with E-state index in [-0.39, 0.29) is 42.6 Å². The van der Waals surface area contributed by atoms with E-state index in [2.05, 4.69) is 11.3 Å². The van der Waals surface area contributed by atoms with Crippen LogP contribution >= 0.6 is 0 Å². The first-order valence-corrected chi connectivity index (χ1v) is 9.71. The van der Waals surface area contributed by atoms with Crippen LogP contribution in [0, 0.1) is 17.8 Å². The molecule has 3 fully saturated rings. The summed E-state index contributed by atoms with van der Waals surface area (Å²) in [4.78, 5) is 22.6. The van der Waals surface area contributed by atoms with Crippen molar-refractivity contribution in [2.45, 2.75) is 37.7 Å². The molecule has 0 radical (unpaired) electrons. The highest BCUT2D eigenvalue weighted by molar-refractivity contribution is 7.87. The first-order valence-electron chi connectivity index (χ1n) is 8.24. The van der Waals surface area contributed by atoms with Crippen LogP contribution in [-0.4, -0.2) is 57.6 Å². The fraction of sp³-hybridized carbons (Fsp3) is 0.750. The molecule has 0 amide bonds. The quantitative estimate of drug-likeness (QED) is 0.273. The molecule has 1 saturated heterocycles. The van der Waals surface area contributed by atoms with Crippen molar-refractivity contribution in [3.8, 4) is 0 Å². The fourth-order valence-electron chi connectivity index (χ4n) is 4.21. The maximum atomic E-state index is 12.0. The number of rotatable bonds is 7. The van der Waals surface area contributed by atoms with Crippen LogP contribution in [0.15, 0.2) is 12.2 Å². The molecule has 25 heavy (non-hydrogen) atoms. The van der Waals surface area contributed by atoms with Crippen LogP contribution in [0.4, 0.5) is 0 Å². The summed E-state index contributed by atoms with van der Waals surface area (Å²) in [6, 6.07) is 0. The molecule has 3 aliphatic rings. The van der Waals surface area contributed by atoms with Gasteiger partial charge in [-0.2, -0.15) is 8.42 Å². The van der Waals surface area contributed by atoms with Crippen LogP contribution in [0.25, 0.3) is 0 Å². The van der Waals surface area contributed by atoms with Gasteiger partial charge in [0, 0.05) is 11.5 Å². The first kappa shape index (κ1) is 18.3. The molecule has 0 aromatic rings. The summed E-state index contributed by atoms with van der Waals surface area (Å²) in [6.45, 7) is 6.45.